The molecule has 2 N–H and O–H groups in total. The number of amides is 1. The van der Waals surface area contributed by atoms with E-state index >= 15 is 0 Å². The molecule has 0 radical (unpaired) electrons. The predicted octanol–water partition coefficient (Wildman–Crippen LogP) is -0.176. The molecule has 82 valence electrons. The molecule has 0 aromatic rings. The Morgan fingerprint density at radius 1 is 1.64 bits per heavy atom. The Kier molecular flexibility index (Phi) is 3.89. The van der Waals surface area contributed by atoms with Crippen molar-refractivity contribution in [2.75, 3.05) is 19.7 Å². The third-order valence-electron chi connectivity index (χ3n) is 2.69. The van der Waals surface area contributed by atoms with Gasteiger partial charge in [0.1, 0.15) is 6.04 Å². The van der Waals surface area contributed by atoms with E-state index in [0.29, 0.717) is 18.5 Å². The van der Waals surface area contributed by atoms with Gasteiger partial charge in [-0.15, -0.1) is 0 Å². The zero-order valence-corrected chi connectivity index (χ0v) is 9.16. The molecule has 2 atom stereocenters. The Balaban J connectivity index is 2.78. The van der Waals surface area contributed by atoms with Crippen molar-refractivity contribution in [1.29, 1.82) is 0 Å². The number of carbonyl (C=O) groups is 1. The minimum atomic E-state index is -0.375. The minimum Gasteiger partial charge on any atom is -0.394 e. The van der Waals surface area contributed by atoms with E-state index in [4.69, 9.17) is 0 Å². The number of nitrogens with zero attached hydrogens (tertiary/aromatic N) is 1. The van der Waals surface area contributed by atoms with E-state index in [9.17, 15) is 9.90 Å². The monoisotopic (exact) mass is 200 g/mol. The summed E-state index contributed by atoms with van der Waals surface area (Å²) in [6.45, 7) is 7.67. The van der Waals surface area contributed by atoms with Gasteiger partial charge in [-0.1, -0.05) is 6.92 Å². The third-order valence-corrected chi connectivity index (χ3v) is 2.69. The summed E-state index contributed by atoms with van der Waals surface area (Å²) in [6, 6.07) is -0.0848. The van der Waals surface area contributed by atoms with E-state index in [1.54, 1.807) is 0 Å². The van der Waals surface area contributed by atoms with Crippen LogP contribution in [-0.2, 0) is 4.79 Å². The number of carbonyl (C=O) groups excluding carboxylic acids is 1. The van der Waals surface area contributed by atoms with Gasteiger partial charge in [0.25, 0.3) is 0 Å². The lowest BCUT2D eigenvalue weighted by Gasteiger charge is -2.31. The maximum absolute atomic E-state index is 11.6. The topological polar surface area (TPSA) is 52.6 Å². The van der Waals surface area contributed by atoms with Gasteiger partial charge in [0.2, 0.25) is 5.91 Å². The fourth-order valence-electron chi connectivity index (χ4n) is 1.85. The second-order valence-electron chi connectivity index (χ2n) is 4.34. The summed E-state index contributed by atoms with van der Waals surface area (Å²) in [5.74, 6) is 0.392. The first-order chi connectivity index (χ1) is 6.56. The summed E-state index contributed by atoms with van der Waals surface area (Å²) in [6.07, 6.45) is 0. The van der Waals surface area contributed by atoms with Gasteiger partial charge in [0, 0.05) is 19.1 Å². The molecular formula is C10H20N2O2. The van der Waals surface area contributed by atoms with Gasteiger partial charge in [0.05, 0.1) is 6.61 Å². The molecule has 0 aliphatic carbocycles. The summed E-state index contributed by atoms with van der Waals surface area (Å²) in [5, 5.41) is 12.0. The van der Waals surface area contributed by atoms with Crippen LogP contribution in [0.25, 0.3) is 0 Å². The van der Waals surface area contributed by atoms with Crippen molar-refractivity contribution >= 4 is 5.91 Å². The lowest BCUT2D eigenvalue weighted by molar-refractivity contribution is -0.127. The molecule has 0 aromatic carbocycles. The number of rotatable bonds is 2. The van der Waals surface area contributed by atoms with E-state index in [0.717, 1.165) is 6.54 Å². The third kappa shape index (κ3) is 2.45. The van der Waals surface area contributed by atoms with Crippen LogP contribution in [0.1, 0.15) is 20.8 Å². The lowest BCUT2D eigenvalue weighted by Crippen LogP contribution is -2.49. The normalized spacial score (nSPS) is 30.2. The lowest BCUT2D eigenvalue weighted by atomic mass is 10.1. The molecule has 1 aliphatic heterocycles. The fourth-order valence-corrected chi connectivity index (χ4v) is 1.85. The number of hydrogen-bond donors (Lipinski definition) is 2. The molecule has 0 aromatic heterocycles. The highest BCUT2D eigenvalue weighted by atomic mass is 16.3. The quantitative estimate of drug-likeness (QED) is 0.650. The van der Waals surface area contributed by atoms with Crippen molar-refractivity contribution in [3.63, 3.8) is 0 Å². The molecule has 4 nitrogen and oxygen atoms in total. The Bertz CT molecular complexity index is 206. The molecule has 1 amide bonds. The van der Waals surface area contributed by atoms with Crippen LogP contribution in [-0.4, -0.2) is 47.7 Å². The average Bonchev–Trinajstić information content (AvgIpc) is 2.26. The Morgan fingerprint density at radius 2 is 2.29 bits per heavy atom. The number of aliphatic hydroxyl groups excluding tert-OH is 1. The highest BCUT2D eigenvalue weighted by Gasteiger charge is 2.31. The van der Waals surface area contributed by atoms with Crippen LogP contribution in [0, 0.1) is 5.92 Å². The summed E-state index contributed by atoms with van der Waals surface area (Å²) < 4.78 is 0. The Hall–Kier alpha value is -0.610. The molecule has 1 aliphatic rings. The molecule has 0 bridgehead atoms. The number of aliphatic hydroxyl groups is 1. The predicted molar refractivity (Wildman–Crippen MR) is 54.9 cm³/mol. The van der Waals surface area contributed by atoms with Crippen molar-refractivity contribution in [3.8, 4) is 0 Å². The Labute approximate surface area is 85.3 Å². The molecule has 1 saturated heterocycles. The summed E-state index contributed by atoms with van der Waals surface area (Å²) >= 11 is 0. The zero-order valence-electron chi connectivity index (χ0n) is 9.16. The SMILES string of the molecule is CC1CNC(=O)C(CO)N(C(C)C)C1. The molecule has 2 unspecified atom stereocenters. The van der Waals surface area contributed by atoms with E-state index in [-0.39, 0.29) is 18.6 Å². The van der Waals surface area contributed by atoms with Crippen LogP contribution in [0.5, 0.6) is 0 Å². The largest absolute Gasteiger partial charge is 0.394 e. The highest BCUT2D eigenvalue weighted by molar-refractivity contribution is 5.82. The van der Waals surface area contributed by atoms with E-state index in [1.807, 2.05) is 13.8 Å². The summed E-state index contributed by atoms with van der Waals surface area (Å²) in [5.41, 5.74) is 0. The van der Waals surface area contributed by atoms with Crippen LogP contribution < -0.4 is 5.32 Å². The zero-order chi connectivity index (χ0) is 10.7. The molecule has 14 heavy (non-hydrogen) atoms. The van der Waals surface area contributed by atoms with Gasteiger partial charge in [-0.2, -0.15) is 0 Å². The maximum atomic E-state index is 11.6. The highest BCUT2D eigenvalue weighted by Crippen LogP contribution is 2.12. The minimum absolute atomic E-state index is 0.0504. The van der Waals surface area contributed by atoms with Crippen molar-refractivity contribution in [2.24, 2.45) is 5.92 Å². The van der Waals surface area contributed by atoms with Crippen LogP contribution >= 0.6 is 0 Å². The van der Waals surface area contributed by atoms with Crippen LogP contribution in [0.3, 0.4) is 0 Å². The molecule has 1 fully saturated rings. The van der Waals surface area contributed by atoms with Gasteiger partial charge in [-0.3, -0.25) is 9.69 Å². The van der Waals surface area contributed by atoms with Crippen LogP contribution in [0.2, 0.25) is 0 Å². The van der Waals surface area contributed by atoms with Gasteiger partial charge >= 0.3 is 0 Å². The molecule has 4 heteroatoms. The van der Waals surface area contributed by atoms with E-state index in [2.05, 4.69) is 17.1 Å². The average molecular weight is 200 g/mol. The molecule has 1 rings (SSSR count). The van der Waals surface area contributed by atoms with Crippen molar-refractivity contribution in [2.45, 2.75) is 32.9 Å². The number of hydrogen-bond acceptors (Lipinski definition) is 3. The van der Waals surface area contributed by atoms with Crippen molar-refractivity contribution < 1.29 is 9.90 Å². The van der Waals surface area contributed by atoms with Crippen molar-refractivity contribution in [3.05, 3.63) is 0 Å². The fraction of sp³-hybridized carbons (Fsp3) is 0.900. The smallest absolute Gasteiger partial charge is 0.239 e. The molecule has 0 saturated carbocycles. The molecule has 0 spiro atoms. The second kappa shape index (κ2) is 4.75. The number of nitrogens with one attached hydrogen (secondary N) is 1. The first-order valence-electron chi connectivity index (χ1n) is 5.20. The van der Waals surface area contributed by atoms with Crippen molar-refractivity contribution in [1.82, 2.24) is 10.2 Å². The molecular weight excluding hydrogens is 180 g/mol. The van der Waals surface area contributed by atoms with E-state index in [1.165, 1.54) is 0 Å². The van der Waals surface area contributed by atoms with Gasteiger partial charge in [-0.25, -0.2) is 0 Å². The van der Waals surface area contributed by atoms with E-state index < -0.39 is 0 Å². The standard InChI is InChI=1S/C10H20N2O2/c1-7(2)12-5-8(3)4-11-10(14)9(12)6-13/h7-9,13H,4-6H2,1-3H3,(H,11,14). The van der Waals surface area contributed by atoms with Crippen LogP contribution in [0.15, 0.2) is 0 Å². The maximum Gasteiger partial charge on any atom is 0.239 e. The van der Waals surface area contributed by atoms with Gasteiger partial charge < -0.3 is 10.4 Å². The van der Waals surface area contributed by atoms with Crippen LogP contribution in [0.4, 0.5) is 0 Å². The molecule has 1 heterocycles. The van der Waals surface area contributed by atoms with Gasteiger partial charge in [0.15, 0.2) is 0 Å². The Morgan fingerprint density at radius 3 is 2.79 bits per heavy atom. The first kappa shape index (κ1) is 11.5. The summed E-state index contributed by atoms with van der Waals surface area (Å²) in [4.78, 5) is 13.7. The second-order valence-corrected chi connectivity index (χ2v) is 4.34. The summed E-state index contributed by atoms with van der Waals surface area (Å²) in [7, 11) is 0. The van der Waals surface area contributed by atoms with Gasteiger partial charge in [-0.05, 0) is 19.8 Å². The first-order valence-corrected chi connectivity index (χ1v) is 5.20.